The van der Waals surface area contributed by atoms with Gasteiger partial charge in [-0.15, -0.1) is 12.4 Å². The standard InChI is InChI=1S/C18H24ClNO3.ClH/c1-13(2)23-17(22)10-12-20-18(11-6-5-9-16(18)21)14-7-3-4-8-15(14)19;/h3-4,7-8,13,20H,5-6,9-12H2,1-2H3;1H/t18-;/m1./s1. The van der Waals surface area contributed by atoms with Gasteiger partial charge in [-0.2, -0.15) is 0 Å². The number of halogens is 2. The summed E-state index contributed by atoms with van der Waals surface area (Å²) in [7, 11) is 0. The van der Waals surface area contributed by atoms with E-state index in [4.69, 9.17) is 16.3 Å². The molecule has 1 aromatic rings. The third kappa shape index (κ3) is 4.95. The second-order valence-corrected chi connectivity index (χ2v) is 6.64. The predicted molar refractivity (Wildman–Crippen MR) is 97.7 cm³/mol. The number of ether oxygens (including phenoxy) is 1. The molecule has 1 aromatic carbocycles. The number of carbonyl (C=O) groups is 2. The van der Waals surface area contributed by atoms with Crippen molar-refractivity contribution < 1.29 is 14.3 Å². The summed E-state index contributed by atoms with van der Waals surface area (Å²) in [6, 6.07) is 7.44. The van der Waals surface area contributed by atoms with Gasteiger partial charge in [-0.05, 0) is 38.3 Å². The average Bonchev–Trinajstić information content (AvgIpc) is 2.49. The first kappa shape index (κ1) is 20.9. The van der Waals surface area contributed by atoms with Gasteiger partial charge >= 0.3 is 5.97 Å². The molecule has 2 rings (SSSR count). The zero-order valence-electron chi connectivity index (χ0n) is 14.1. The molecule has 0 spiro atoms. The van der Waals surface area contributed by atoms with E-state index in [0.29, 0.717) is 24.4 Å². The molecular weight excluding hydrogens is 349 g/mol. The molecule has 6 heteroatoms. The zero-order valence-corrected chi connectivity index (χ0v) is 15.7. The van der Waals surface area contributed by atoms with Crippen LogP contribution < -0.4 is 5.32 Å². The van der Waals surface area contributed by atoms with Crippen LogP contribution in [0, 0.1) is 0 Å². The molecule has 0 aromatic heterocycles. The largest absolute Gasteiger partial charge is 0.463 e. The fraction of sp³-hybridized carbons (Fsp3) is 0.556. The van der Waals surface area contributed by atoms with Crippen LogP contribution in [0.1, 0.15) is 51.5 Å². The van der Waals surface area contributed by atoms with Crippen LogP contribution in [-0.2, 0) is 19.9 Å². The highest BCUT2D eigenvalue weighted by atomic mass is 35.5. The highest BCUT2D eigenvalue weighted by molar-refractivity contribution is 6.31. The van der Waals surface area contributed by atoms with Crippen molar-refractivity contribution in [1.29, 1.82) is 0 Å². The van der Waals surface area contributed by atoms with Crippen molar-refractivity contribution in [2.45, 2.75) is 57.6 Å². The molecule has 0 bridgehead atoms. The fourth-order valence-electron chi connectivity index (χ4n) is 3.10. The van der Waals surface area contributed by atoms with E-state index < -0.39 is 5.54 Å². The Morgan fingerprint density at radius 2 is 2.04 bits per heavy atom. The summed E-state index contributed by atoms with van der Waals surface area (Å²) in [6.45, 7) is 4.03. The maximum Gasteiger partial charge on any atom is 0.307 e. The fourth-order valence-corrected chi connectivity index (χ4v) is 3.40. The minimum atomic E-state index is -0.783. The Morgan fingerprint density at radius 1 is 1.33 bits per heavy atom. The number of benzene rings is 1. The van der Waals surface area contributed by atoms with Crippen LogP contribution in [0.15, 0.2) is 24.3 Å². The summed E-state index contributed by atoms with van der Waals surface area (Å²) < 4.78 is 5.14. The summed E-state index contributed by atoms with van der Waals surface area (Å²) in [5.74, 6) is -0.112. The Kier molecular flexibility index (Phi) is 8.20. The molecule has 1 saturated carbocycles. The van der Waals surface area contributed by atoms with Crippen LogP contribution in [0.4, 0.5) is 0 Å². The van der Waals surface area contributed by atoms with Crippen molar-refractivity contribution in [3.8, 4) is 0 Å². The lowest BCUT2D eigenvalue weighted by Gasteiger charge is -2.37. The second kappa shape index (κ2) is 9.40. The minimum Gasteiger partial charge on any atom is -0.463 e. The molecule has 0 heterocycles. The molecule has 1 atom stereocenters. The average molecular weight is 374 g/mol. The van der Waals surface area contributed by atoms with E-state index in [0.717, 1.165) is 18.4 Å². The summed E-state index contributed by atoms with van der Waals surface area (Å²) in [5, 5.41) is 3.89. The molecule has 134 valence electrons. The molecule has 1 N–H and O–H groups in total. The van der Waals surface area contributed by atoms with Crippen LogP contribution in [0.3, 0.4) is 0 Å². The van der Waals surface area contributed by atoms with Crippen molar-refractivity contribution in [2.24, 2.45) is 0 Å². The first-order valence-corrected chi connectivity index (χ1v) is 8.56. The van der Waals surface area contributed by atoms with Gasteiger partial charge in [-0.25, -0.2) is 0 Å². The Morgan fingerprint density at radius 3 is 2.67 bits per heavy atom. The van der Waals surface area contributed by atoms with Gasteiger partial charge < -0.3 is 10.1 Å². The summed E-state index contributed by atoms with van der Waals surface area (Å²) >= 11 is 6.34. The molecular formula is C18H25Cl2NO3. The normalized spacial score (nSPS) is 20.6. The number of hydrogen-bond donors (Lipinski definition) is 1. The van der Waals surface area contributed by atoms with Gasteiger partial charge in [0, 0.05) is 18.0 Å². The summed E-state index contributed by atoms with van der Waals surface area (Å²) in [5.41, 5.74) is 0.0259. The number of nitrogens with one attached hydrogen (secondary N) is 1. The molecule has 1 aliphatic rings. The lowest BCUT2D eigenvalue weighted by molar-refractivity contribution is -0.147. The Bertz CT molecular complexity index is 577. The molecule has 1 aliphatic carbocycles. The predicted octanol–water partition coefficient (Wildman–Crippen LogP) is 4.03. The lowest BCUT2D eigenvalue weighted by atomic mass is 9.75. The SMILES string of the molecule is CC(C)OC(=O)CCN[C@@]1(c2ccccc2Cl)CCCCC1=O.Cl. The summed E-state index contributed by atoms with van der Waals surface area (Å²) in [6.07, 6.45) is 3.21. The Labute approximate surface area is 154 Å². The molecule has 24 heavy (non-hydrogen) atoms. The topological polar surface area (TPSA) is 55.4 Å². The van der Waals surface area contributed by atoms with Crippen molar-refractivity contribution in [2.75, 3.05) is 6.54 Å². The van der Waals surface area contributed by atoms with Gasteiger partial charge in [0.2, 0.25) is 0 Å². The molecule has 0 unspecified atom stereocenters. The number of esters is 1. The lowest BCUT2D eigenvalue weighted by Crippen LogP contribution is -2.51. The van der Waals surface area contributed by atoms with Crippen molar-refractivity contribution in [3.63, 3.8) is 0 Å². The van der Waals surface area contributed by atoms with Gasteiger partial charge in [0.15, 0.2) is 5.78 Å². The number of ketones is 1. The number of Topliss-reactive ketones (excluding diaryl/α,β-unsaturated/α-hetero) is 1. The number of hydrogen-bond acceptors (Lipinski definition) is 4. The molecule has 0 radical (unpaired) electrons. The third-order valence-corrected chi connectivity index (χ3v) is 4.47. The molecule has 0 amide bonds. The van der Waals surface area contributed by atoms with Crippen LogP contribution >= 0.6 is 24.0 Å². The minimum absolute atomic E-state index is 0. The van der Waals surface area contributed by atoms with E-state index in [2.05, 4.69) is 5.32 Å². The summed E-state index contributed by atoms with van der Waals surface area (Å²) in [4.78, 5) is 24.4. The van der Waals surface area contributed by atoms with Crippen LogP contribution in [0.5, 0.6) is 0 Å². The van der Waals surface area contributed by atoms with Crippen molar-refractivity contribution >= 4 is 35.8 Å². The Hall–Kier alpha value is -1.10. The van der Waals surface area contributed by atoms with Gasteiger partial charge in [0.1, 0.15) is 5.54 Å². The van der Waals surface area contributed by atoms with Crippen molar-refractivity contribution in [1.82, 2.24) is 5.32 Å². The van der Waals surface area contributed by atoms with Crippen LogP contribution in [-0.4, -0.2) is 24.4 Å². The maximum absolute atomic E-state index is 12.7. The quantitative estimate of drug-likeness (QED) is 0.764. The van der Waals surface area contributed by atoms with E-state index in [1.807, 2.05) is 32.0 Å². The zero-order chi connectivity index (χ0) is 16.9. The van der Waals surface area contributed by atoms with Crippen LogP contribution in [0.25, 0.3) is 0 Å². The smallest absolute Gasteiger partial charge is 0.307 e. The second-order valence-electron chi connectivity index (χ2n) is 6.23. The highest BCUT2D eigenvalue weighted by Gasteiger charge is 2.42. The molecule has 4 nitrogen and oxygen atoms in total. The van der Waals surface area contributed by atoms with E-state index in [-0.39, 0.29) is 36.7 Å². The van der Waals surface area contributed by atoms with E-state index in [1.54, 1.807) is 6.07 Å². The maximum atomic E-state index is 12.7. The molecule has 0 aliphatic heterocycles. The van der Waals surface area contributed by atoms with Gasteiger partial charge in [-0.3, -0.25) is 9.59 Å². The van der Waals surface area contributed by atoms with Crippen LogP contribution in [0.2, 0.25) is 5.02 Å². The molecule has 1 fully saturated rings. The van der Waals surface area contributed by atoms with Gasteiger partial charge in [-0.1, -0.05) is 36.2 Å². The first-order valence-electron chi connectivity index (χ1n) is 8.18. The van der Waals surface area contributed by atoms with Gasteiger partial charge in [0.25, 0.3) is 0 Å². The molecule has 0 saturated heterocycles. The number of carbonyl (C=O) groups excluding carboxylic acids is 2. The monoisotopic (exact) mass is 373 g/mol. The first-order chi connectivity index (χ1) is 11.0. The van der Waals surface area contributed by atoms with Crippen molar-refractivity contribution in [3.05, 3.63) is 34.9 Å². The third-order valence-electron chi connectivity index (χ3n) is 4.14. The van der Waals surface area contributed by atoms with Gasteiger partial charge in [0.05, 0.1) is 12.5 Å². The van der Waals surface area contributed by atoms with E-state index in [1.165, 1.54) is 0 Å². The number of rotatable bonds is 6. The highest BCUT2D eigenvalue weighted by Crippen LogP contribution is 2.37. The Balaban J connectivity index is 0.00000288. The van der Waals surface area contributed by atoms with E-state index >= 15 is 0 Å². The van der Waals surface area contributed by atoms with E-state index in [9.17, 15) is 9.59 Å².